The van der Waals surface area contributed by atoms with Crippen LogP contribution < -0.4 is 0 Å². The summed E-state index contributed by atoms with van der Waals surface area (Å²) < 4.78 is 2.08. The molecule has 0 aromatic carbocycles. The topological polar surface area (TPSA) is 45.5 Å². The Kier molecular flexibility index (Phi) is 4.20. The molecule has 1 aliphatic heterocycles. The molecule has 94 valence electrons. The van der Waals surface area contributed by atoms with E-state index >= 15 is 0 Å². The second kappa shape index (κ2) is 5.87. The van der Waals surface area contributed by atoms with Gasteiger partial charge in [0.2, 0.25) is 5.91 Å². The lowest BCUT2D eigenvalue weighted by atomic mass is 10.2. The van der Waals surface area contributed by atoms with Crippen LogP contribution in [-0.2, 0) is 11.3 Å². The summed E-state index contributed by atoms with van der Waals surface area (Å²) in [6.07, 6.45) is 7.43. The third-order valence-electron chi connectivity index (χ3n) is 3.38. The first-order chi connectivity index (χ1) is 8.31. The van der Waals surface area contributed by atoms with E-state index in [1.807, 2.05) is 29.4 Å². The Morgan fingerprint density at radius 3 is 2.82 bits per heavy atom. The van der Waals surface area contributed by atoms with Crippen molar-refractivity contribution < 1.29 is 9.90 Å². The standard InChI is InChI=1S/C13H20N2O2/c16-11-12-5-3-10-15(12)13(17)6-4-9-14-7-1-2-8-14/h1-2,7-8,12,16H,3-6,9-11H2/t12-/m1/s1. The molecule has 1 N–H and O–H groups in total. The molecule has 1 atom stereocenters. The number of likely N-dealkylation sites (tertiary alicyclic amines) is 1. The van der Waals surface area contributed by atoms with E-state index in [4.69, 9.17) is 5.11 Å². The van der Waals surface area contributed by atoms with Gasteiger partial charge in [-0.25, -0.2) is 0 Å². The molecule has 4 heteroatoms. The molecular weight excluding hydrogens is 216 g/mol. The summed E-state index contributed by atoms with van der Waals surface area (Å²) in [5, 5.41) is 9.16. The van der Waals surface area contributed by atoms with Gasteiger partial charge in [0.05, 0.1) is 12.6 Å². The number of nitrogens with zero attached hydrogens (tertiary/aromatic N) is 2. The third-order valence-corrected chi connectivity index (χ3v) is 3.38. The van der Waals surface area contributed by atoms with E-state index in [1.165, 1.54) is 0 Å². The Morgan fingerprint density at radius 1 is 1.35 bits per heavy atom. The molecule has 1 aromatic heterocycles. The third kappa shape index (κ3) is 3.09. The highest BCUT2D eigenvalue weighted by molar-refractivity contribution is 5.76. The van der Waals surface area contributed by atoms with Crippen molar-refractivity contribution in [3.63, 3.8) is 0 Å². The van der Waals surface area contributed by atoms with Gasteiger partial charge >= 0.3 is 0 Å². The number of amides is 1. The van der Waals surface area contributed by atoms with Crippen molar-refractivity contribution in [2.45, 2.75) is 38.3 Å². The molecule has 0 bridgehead atoms. The van der Waals surface area contributed by atoms with E-state index in [-0.39, 0.29) is 18.6 Å². The predicted molar refractivity (Wildman–Crippen MR) is 65.5 cm³/mol. The van der Waals surface area contributed by atoms with E-state index in [9.17, 15) is 4.79 Å². The molecule has 1 fully saturated rings. The van der Waals surface area contributed by atoms with Crippen molar-refractivity contribution in [3.8, 4) is 0 Å². The average molecular weight is 236 g/mol. The maximum absolute atomic E-state index is 11.9. The molecule has 2 rings (SSSR count). The SMILES string of the molecule is O=C(CCCn1cccc1)N1CCC[C@@H]1CO. The average Bonchev–Trinajstić information content (AvgIpc) is 2.99. The first-order valence-electron chi connectivity index (χ1n) is 6.32. The van der Waals surface area contributed by atoms with Crippen LogP contribution in [0.15, 0.2) is 24.5 Å². The number of hydrogen-bond acceptors (Lipinski definition) is 2. The first kappa shape index (κ1) is 12.2. The van der Waals surface area contributed by atoms with Crippen LogP contribution in [-0.4, -0.2) is 39.7 Å². The van der Waals surface area contributed by atoms with Crippen LogP contribution in [0.3, 0.4) is 0 Å². The Bertz CT molecular complexity index is 348. The number of rotatable bonds is 5. The maximum Gasteiger partial charge on any atom is 0.222 e. The number of aromatic nitrogens is 1. The Labute approximate surface area is 102 Å². The molecule has 4 nitrogen and oxygen atoms in total. The molecule has 0 unspecified atom stereocenters. The van der Waals surface area contributed by atoms with Gasteiger partial charge in [0.15, 0.2) is 0 Å². The van der Waals surface area contributed by atoms with Gasteiger partial charge in [-0.05, 0) is 31.4 Å². The Balaban J connectivity index is 1.73. The summed E-state index contributed by atoms with van der Waals surface area (Å²) in [5.74, 6) is 0.189. The first-order valence-corrected chi connectivity index (χ1v) is 6.32. The molecule has 1 aromatic rings. The minimum absolute atomic E-state index is 0.0640. The van der Waals surface area contributed by atoms with Crippen LogP contribution in [0.5, 0.6) is 0 Å². The minimum atomic E-state index is 0.0640. The van der Waals surface area contributed by atoms with Crippen LogP contribution in [0.25, 0.3) is 0 Å². The number of aryl methyl sites for hydroxylation is 1. The molecule has 1 saturated heterocycles. The van der Waals surface area contributed by atoms with E-state index in [1.54, 1.807) is 0 Å². The molecule has 0 aliphatic carbocycles. The smallest absolute Gasteiger partial charge is 0.222 e. The van der Waals surface area contributed by atoms with Crippen LogP contribution in [0.4, 0.5) is 0 Å². The van der Waals surface area contributed by atoms with Gasteiger partial charge in [0.25, 0.3) is 0 Å². The fraction of sp³-hybridized carbons (Fsp3) is 0.615. The zero-order valence-electron chi connectivity index (χ0n) is 10.1. The molecule has 2 heterocycles. The Morgan fingerprint density at radius 2 is 2.12 bits per heavy atom. The van der Waals surface area contributed by atoms with Crippen molar-refractivity contribution in [3.05, 3.63) is 24.5 Å². The quantitative estimate of drug-likeness (QED) is 0.836. The molecular formula is C13H20N2O2. The second-order valence-corrected chi connectivity index (χ2v) is 4.59. The summed E-state index contributed by atoms with van der Waals surface area (Å²) >= 11 is 0. The van der Waals surface area contributed by atoms with Crippen LogP contribution >= 0.6 is 0 Å². The van der Waals surface area contributed by atoms with Gasteiger partial charge in [-0.2, -0.15) is 0 Å². The predicted octanol–water partition coefficient (Wildman–Crippen LogP) is 1.25. The van der Waals surface area contributed by atoms with E-state index in [0.29, 0.717) is 6.42 Å². The van der Waals surface area contributed by atoms with E-state index < -0.39 is 0 Å². The molecule has 17 heavy (non-hydrogen) atoms. The van der Waals surface area contributed by atoms with Crippen molar-refractivity contribution in [1.29, 1.82) is 0 Å². The number of aliphatic hydroxyl groups is 1. The van der Waals surface area contributed by atoms with Gasteiger partial charge in [-0.15, -0.1) is 0 Å². The molecule has 0 saturated carbocycles. The highest BCUT2D eigenvalue weighted by Crippen LogP contribution is 2.18. The van der Waals surface area contributed by atoms with Crippen molar-refractivity contribution in [2.75, 3.05) is 13.2 Å². The number of hydrogen-bond donors (Lipinski definition) is 1. The summed E-state index contributed by atoms with van der Waals surface area (Å²) in [6.45, 7) is 1.80. The minimum Gasteiger partial charge on any atom is -0.394 e. The van der Waals surface area contributed by atoms with Gasteiger partial charge in [0.1, 0.15) is 0 Å². The lowest BCUT2D eigenvalue weighted by Crippen LogP contribution is -2.37. The lowest BCUT2D eigenvalue weighted by molar-refractivity contribution is -0.132. The second-order valence-electron chi connectivity index (χ2n) is 4.59. The summed E-state index contributed by atoms with van der Waals surface area (Å²) in [5.41, 5.74) is 0. The molecule has 0 radical (unpaired) electrons. The number of carbonyl (C=O) groups excluding carboxylic acids is 1. The zero-order valence-corrected chi connectivity index (χ0v) is 10.1. The maximum atomic E-state index is 11.9. The summed E-state index contributed by atoms with van der Waals surface area (Å²) in [6, 6.07) is 4.04. The summed E-state index contributed by atoms with van der Waals surface area (Å²) in [4.78, 5) is 13.8. The zero-order chi connectivity index (χ0) is 12.1. The van der Waals surface area contributed by atoms with E-state index in [2.05, 4.69) is 4.57 Å². The highest BCUT2D eigenvalue weighted by atomic mass is 16.3. The van der Waals surface area contributed by atoms with Gasteiger partial charge in [-0.1, -0.05) is 0 Å². The Hall–Kier alpha value is -1.29. The van der Waals surface area contributed by atoms with Gasteiger partial charge in [-0.3, -0.25) is 4.79 Å². The highest BCUT2D eigenvalue weighted by Gasteiger charge is 2.27. The van der Waals surface area contributed by atoms with Crippen LogP contribution in [0.1, 0.15) is 25.7 Å². The lowest BCUT2D eigenvalue weighted by Gasteiger charge is -2.23. The summed E-state index contributed by atoms with van der Waals surface area (Å²) in [7, 11) is 0. The number of aliphatic hydroxyl groups excluding tert-OH is 1. The fourth-order valence-corrected chi connectivity index (χ4v) is 2.43. The fourth-order valence-electron chi connectivity index (χ4n) is 2.43. The van der Waals surface area contributed by atoms with E-state index in [0.717, 1.165) is 32.4 Å². The molecule has 0 spiro atoms. The van der Waals surface area contributed by atoms with Crippen molar-refractivity contribution in [1.82, 2.24) is 9.47 Å². The largest absolute Gasteiger partial charge is 0.394 e. The molecule has 1 amide bonds. The van der Waals surface area contributed by atoms with Gasteiger partial charge < -0.3 is 14.6 Å². The normalized spacial score (nSPS) is 19.8. The van der Waals surface area contributed by atoms with Crippen molar-refractivity contribution in [2.24, 2.45) is 0 Å². The van der Waals surface area contributed by atoms with Gasteiger partial charge in [0, 0.05) is 31.9 Å². The number of carbonyl (C=O) groups is 1. The van der Waals surface area contributed by atoms with Crippen LogP contribution in [0.2, 0.25) is 0 Å². The molecule has 1 aliphatic rings. The monoisotopic (exact) mass is 236 g/mol. The van der Waals surface area contributed by atoms with Crippen LogP contribution in [0, 0.1) is 0 Å². The van der Waals surface area contributed by atoms with Crippen molar-refractivity contribution >= 4 is 5.91 Å².